The van der Waals surface area contributed by atoms with Gasteiger partial charge in [-0.05, 0) is 32.9 Å². The highest BCUT2D eigenvalue weighted by Crippen LogP contribution is 2.26. The molecular formula is C16H22N2O6. The van der Waals surface area contributed by atoms with E-state index in [0.717, 1.165) is 5.01 Å². The zero-order valence-electron chi connectivity index (χ0n) is 14.6. The Morgan fingerprint density at radius 1 is 1.12 bits per heavy atom. The maximum Gasteiger partial charge on any atom is 0.427 e. The van der Waals surface area contributed by atoms with E-state index in [-0.39, 0.29) is 11.3 Å². The van der Waals surface area contributed by atoms with Gasteiger partial charge in [-0.1, -0.05) is 0 Å². The van der Waals surface area contributed by atoms with Gasteiger partial charge in [0.2, 0.25) is 5.91 Å². The van der Waals surface area contributed by atoms with Crippen LogP contribution in [-0.4, -0.2) is 37.8 Å². The lowest BCUT2D eigenvalue weighted by Gasteiger charge is -2.25. The number of carbonyl (C=O) groups is 3. The molecule has 24 heavy (non-hydrogen) atoms. The van der Waals surface area contributed by atoms with Gasteiger partial charge in [-0.2, -0.15) is 0 Å². The van der Waals surface area contributed by atoms with Crippen LogP contribution in [-0.2, 0) is 14.3 Å². The number of rotatable bonds is 3. The van der Waals surface area contributed by atoms with Crippen LogP contribution in [0.3, 0.4) is 0 Å². The van der Waals surface area contributed by atoms with Gasteiger partial charge >= 0.3 is 12.1 Å². The molecule has 0 heterocycles. The lowest BCUT2D eigenvalue weighted by atomic mass is 10.1. The summed E-state index contributed by atoms with van der Waals surface area (Å²) in [5, 5.41) is 0.998. The highest BCUT2D eigenvalue weighted by atomic mass is 16.6. The van der Waals surface area contributed by atoms with Gasteiger partial charge in [0.15, 0.2) is 0 Å². The topological polar surface area (TPSA) is 94.2 Å². The molecule has 0 bridgehead atoms. The third-order valence-electron chi connectivity index (χ3n) is 2.77. The molecule has 0 radical (unpaired) electrons. The van der Waals surface area contributed by atoms with Crippen molar-refractivity contribution in [2.45, 2.75) is 33.3 Å². The summed E-state index contributed by atoms with van der Waals surface area (Å²) in [7, 11) is 2.63. The van der Waals surface area contributed by atoms with Gasteiger partial charge in [0.1, 0.15) is 16.9 Å². The van der Waals surface area contributed by atoms with Crippen LogP contribution in [0, 0.1) is 0 Å². The van der Waals surface area contributed by atoms with Crippen molar-refractivity contribution in [3.8, 4) is 5.75 Å². The predicted molar refractivity (Wildman–Crippen MR) is 86.9 cm³/mol. The monoisotopic (exact) mass is 338 g/mol. The van der Waals surface area contributed by atoms with Crippen LogP contribution in [0.2, 0.25) is 0 Å². The van der Waals surface area contributed by atoms with Crippen molar-refractivity contribution in [2.24, 2.45) is 0 Å². The zero-order chi connectivity index (χ0) is 18.5. The summed E-state index contributed by atoms with van der Waals surface area (Å²) in [5.41, 5.74) is 2.15. The van der Waals surface area contributed by atoms with E-state index in [1.54, 1.807) is 20.8 Å². The molecule has 1 aromatic rings. The van der Waals surface area contributed by atoms with Gasteiger partial charge in [-0.15, -0.1) is 0 Å². The molecule has 1 aromatic carbocycles. The first-order chi connectivity index (χ1) is 11.1. The number of carbonyl (C=O) groups excluding carboxylic acids is 3. The van der Waals surface area contributed by atoms with E-state index < -0.39 is 23.6 Å². The number of esters is 1. The van der Waals surface area contributed by atoms with E-state index >= 15 is 0 Å². The number of hydrogen-bond acceptors (Lipinski definition) is 6. The van der Waals surface area contributed by atoms with Gasteiger partial charge < -0.3 is 14.2 Å². The maximum absolute atomic E-state index is 11.9. The van der Waals surface area contributed by atoms with Gasteiger partial charge in [-0.25, -0.2) is 20.0 Å². The Balaban J connectivity index is 3.11. The molecule has 8 nitrogen and oxygen atoms in total. The molecule has 0 unspecified atom stereocenters. The molecule has 1 N–H and O–H groups in total. The quantitative estimate of drug-likeness (QED) is 0.671. The Bertz CT molecular complexity index is 636. The molecule has 8 heteroatoms. The minimum Gasteiger partial charge on any atom is -0.496 e. The fourth-order valence-electron chi connectivity index (χ4n) is 1.81. The minimum absolute atomic E-state index is 0.199. The Hall–Kier alpha value is -2.77. The molecule has 0 atom stereocenters. The summed E-state index contributed by atoms with van der Waals surface area (Å²) < 4.78 is 14.9. The molecule has 0 aliphatic carbocycles. The summed E-state index contributed by atoms with van der Waals surface area (Å²) in [6.45, 7) is 6.40. The zero-order valence-corrected chi connectivity index (χ0v) is 14.6. The average Bonchev–Trinajstić information content (AvgIpc) is 2.49. The molecule has 0 aliphatic heterocycles. The molecule has 0 aromatic heterocycles. The van der Waals surface area contributed by atoms with E-state index in [1.165, 1.54) is 39.3 Å². The van der Waals surface area contributed by atoms with Crippen LogP contribution >= 0.6 is 0 Å². The Morgan fingerprint density at radius 2 is 1.75 bits per heavy atom. The van der Waals surface area contributed by atoms with Crippen molar-refractivity contribution in [1.29, 1.82) is 0 Å². The second-order valence-corrected chi connectivity index (χ2v) is 5.84. The van der Waals surface area contributed by atoms with Gasteiger partial charge in [0.25, 0.3) is 0 Å². The van der Waals surface area contributed by atoms with Crippen molar-refractivity contribution < 1.29 is 28.6 Å². The molecule has 0 saturated heterocycles. The molecule has 132 valence electrons. The first-order valence-corrected chi connectivity index (χ1v) is 7.15. The van der Waals surface area contributed by atoms with Crippen LogP contribution in [0.1, 0.15) is 38.1 Å². The van der Waals surface area contributed by atoms with Crippen LogP contribution in [0.25, 0.3) is 0 Å². The van der Waals surface area contributed by atoms with Gasteiger partial charge in [-0.3, -0.25) is 4.79 Å². The summed E-state index contributed by atoms with van der Waals surface area (Å²) in [6.07, 6.45) is -0.784. The molecule has 0 saturated carbocycles. The third-order valence-corrected chi connectivity index (χ3v) is 2.77. The largest absolute Gasteiger partial charge is 0.496 e. The normalized spacial score (nSPS) is 10.6. The SMILES string of the molecule is COC(=O)c1ccc(N(NC(=O)OC(C)(C)C)C(C)=O)cc1OC. The van der Waals surface area contributed by atoms with Crippen molar-refractivity contribution in [1.82, 2.24) is 5.43 Å². The second-order valence-electron chi connectivity index (χ2n) is 5.84. The Labute approximate surface area is 140 Å². The van der Waals surface area contributed by atoms with Gasteiger partial charge in [0.05, 0.1) is 19.9 Å². The van der Waals surface area contributed by atoms with Crippen LogP contribution in [0.5, 0.6) is 5.75 Å². The second kappa shape index (κ2) is 7.67. The van der Waals surface area contributed by atoms with E-state index in [1.807, 2.05) is 0 Å². The molecule has 0 aliphatic rings. The number of amides is 2. The first-order valence-electron chi connectivity index (χ1n) is 7.15. The molecule has 1 rings (SSSR count). The molecule has 0 spiro atoms. The van der Waals surface area contributed by atoms with Crippen molar-refractivity contribution in [3.63, 3.8) is 0 Å². The summed E-state index contributed by atoms with van der Waals surface area (Å²) in [6, 6.07) is 4.35. The van der Waals surface area contributed by atoms with Crippen LogP contribution in [0.4, 0.5) is 10.5 Å². The highest BCUT2D eigenvalue weighted by molar-refractivity contribution is 5.96. The van der Waals surface area contributed by atoms with Crippen molar-refractivity contribution >= 4 is 23.7 Å². The molecule has 0 fully saturated rings. The highest BCUT2D eigenvalue weighted by Gasteiger charge is 2.22. The van der Waals surface area contributed by atoms with Gasteiger partial charge in [0, 0.05) is 13.0 Å². The van der Waals surface area contributed by atoms with Crippen LogP contribution in [0.15, 0.2) is 18.2 Å². The fourth-order valence-corrected chi connectivity index (χ4v) is 1.81. The lowest BCUT2D eigenvalue weighted by molar-refractivity contribution is -0.117. The fraction of sp³-hybridized carbons (Fsp3) is 0.438. The average molecular weight is 338 g/mol. The predicted octanol–water partition coefficient (Wildman–Crippen LogP) is 2.27. The first kappa shape index (κ1) is 19.3. The standard InChI is InChI=1S/C16H22N2O6/c1-10(19)18(17-15(21)24-16(2,3)4)11-7-8-12(14(20)23-6)13(9-11)22-5/h7-9H,1-6H3,(H,17,21). The van der Waals surface area contributed by atoms with Crippen molar-refractivity contribution in [3.05, 3.63) is 23.8 Å². The molecule has 2 amide bonds. The Morgan fingerprint density at radius 3 is 2.21 bits per heavy atom. The third kappa shape index (κ3) is 5.15. The van der Waals surface area contributed by atoms with E-state index in [0.29, 0.717) is 5.69 Å². The van der Waals surface area contributed by atoms with Crippen LogP contribution < -0.4 is 15.2 Å². The summed E-state index contributed by atoms with van der Waals surface area (Å²) >= 11 is 0. The minimum atomic E-state index is -0.784. The summed E-state index contributed by atoms with van der Waals surface area (Å²) in [4.78, 5) is 35.4. The Kier molecular flexibility index (Phi) is 6.16. The smallest absolute Gasteiger partial charge is 0.427 e. The molecular weight excluding hydrogens is 316 g/mol. The number of hydrazine groups is 1. The number of methoxy groups -OCH3 is 2. The number of hydrogen-bond donors (Lipinski definition) is 1. The van der Waals surface area contributed by atoms with Crippen molar-refractivity contribution in [2.75, 3.05) is 19.2 Å². The lowest BCUT2D eigenvalue weighted by Crippen LogP contribution is -2.47. The number of nitrogens with zero attached hydrogens (tertiary/aromatic N) is 1. The number of benzene rings is 1. The maximum atomic E-state index is 11.9. The van der Waals surface area contributed by atoms with E-state index in [4.69, 9.17) is 9.47 Å². The number of anilines is 1. The summed E-state index contributed by atoms with van der Waals surface area (Å²) in [5.74, 6) is -0.821. The van der Waals surface area contributed by atoms with E-state index in [2.05, 4.69) is 10.2 Å². The number of nitrogens with one attached hydrogen (secondary N) is 1. The number of ether oxygens (including phenoxy) is 3. The van der Waals surface area contributed by atoms with E-state index in [9.17, 15) is 14.4 Å².